The molecule has 1 unspecified atom stereocenters. The Morgan fingerprint density at radius 3 is 2.55 bits per heavy atom. The lowest BCUT2D eigenvalue weighted by atomic mass is 10.0. The first kappa shape index (κ1) is 16.2. The molecule has 0 radical (unpaired) electrons. The van der Waals surface area contributed by atoms with Gasteiger partial charge in [-0.1, -0.05) is 13.8 Å². The Hall–Kier alpha value is -1.82. The van der Waals surface area contributed by atoms with Gasteiger partial charge in [0.05, 0.1) is 13.7 Å². The molecule has 0 saturated heterocycles. The topological polar surface area (TPSA) is 88.8 Å². The highest BCUT2D eigenvalue weighted by Crippen LogP contribution is 2.15. The van der Waals surface area contributed by atoms with Crippen molar-refractivity contribution < 1.29 is 23.8 Å². The molecule has 1 aromatic heterocycles. The molecule has 1 rings (SSSR count). The van der Waals surface area contributed by atoms with Gasteiger partial charge in [0, 0.05) is 0 Å². The Morgan fingerprint density at radius 1 is 1.45 bits per heavy atom. The van der Waals surface area contributed by atoms with E-state index in [9.17, 15) is 9.59 Å². The fourth-order valence-corrected chi connectivity index (χ4v) is 1.94. The molecule has 1 heterocycles. The zero-order valence-electron chi connectivity index (χ0n) is 12.2. The number of aromatic carboxylic acids is 1. The van der Waals surface area contributed by atoms with Gasteiger partial charge >= 0.3 is 11.9 Å². The van der Waals surface area contributed by atoms with Crippen LogP contribution in [0.25, 0.3) is 0 Å². The van der Waals surface area contributed by atoms with Crippen LogP contribution in [0.15, 0.2) is 10.5 Å². The molecule has 0 bridgehead atoms. The molecule has 0 fully saturated rings. The monoisotopic (exact) mass is 283 g/mol. The van der Waals surface area contributed by atoms with Crippen molar-refractivity contribution in [3.63, 3.8) is 0 Å². The number of carbonyl (C=O) groups excluding carboxylic acids is 1. The first-order valence-corrected chi connectivity index (χ1v) is 6.49. The van der Waals surface area contributed by atoms with E-state index in [1.807, 2.05) is 13.8 Å². The fraction of sp³-hybridized carbons (Fsp3) is 0.571. The molecule has 0 aliphatic heterocycles. The van der Waals surface area contributed by atoms with Crippen LogP contribution in [-0.4, -0.2) is 30.2 Å². The summed E-state index contributed by atoms with van der Waals surface area (Å²) in [5.74, 6) is -0.186. The molecule has 0 aromatic carbocycles. The Kier molecular flexibility index (Phi) is 5.76. The summed E-state index contributed by atoms with van der Waals surface area (Å²) in [6, 6.07) is 1.03. The average Bonchev–Trinajstić information content (AvgIpc) is 2.74. The van der Waals surface area contributed by atoms with Gasteiger partial charge in [0.25, 0.3) is 0 Å². The number of methoxy groups -OCH3 is 1. The van der Waals surface area contributed by atoms with Gasteiger partial charge in [-0.3, -0.25) is 10.1 Å². The average molecular weight is 283 g/mol. The van der Waals surface area contributed by atoms with Gasteiger partial charge in [0.15, 0.2) is 0 Å². The number of carboxylic acids is 1. The van der Waals surface area contributed by atoms with E-state index < -0.39 is 12.0 Å². The number of esters is 1. The Bertz CT molecular complexity index is 478. The number of carboxylic acid groups (broad SMARTS) is 1. The summed E-state index contributed by atoms with van der Waals surface area (Å²) in [5, 5.41) is 12.0. The number of hydrogen-bond donors (Lipinski definition) is 2. The predicted molar refractivity (Wildman–Crippen MR) is 72.5 cm³/mol. The summed E-state index contributed by atoms with van der Waals surface area (Å²) in [4.78, 5) is 22.6. The minimum Gasteiger partial charge on any atom is -0.478 e. The highest BCUT2D eigenvalue weighted by Gasteiger charge is 2.21. The van der Waals surface area contributed by atoms with Crippen molar-refractivity contribution >= 4 is 11.9 Å². The first-order valence-electron chi connectivity index (χ1n) is 6.49. The zero-order chi connectivity index (χ0) is 15.3. The molecule has 0 aliphatic rings. The van der Waals surface area contributed by atoms with Crippen LogP contribution >= 0.6 is 0 Å². The van der Waals surface area contributed by atoms with Crippen LogP contribution in [0.1, 0.15) is 42.1 Å². The van der Waals surface area contributed by atoms with Gasteiger partial charge < -0.3 is 14.3 Å². The second-order valence-corrected chi connectivity index (χ2v) is 5.07. The Balaban J connectivity index is 2.69. The van der Waals surface area contributed by atoms with Crippen molar-refractivity contribution in [2.24, 2.45) is 5.92 Å². The van der Waals surface area contributed by atoms with Crippen LogP contribution in [0.3, 0.4) is 0 Å². The van der Waals surface area contributed by atoms with Crippen LogP contribution in [-0.2, 0) is 16.1 Å². The van der Waals surface area contributed by atoms with E-state index in [-0.39, 0.29) is 18.1 Å². The van der Waals surface area contributed by atoms with Gasteiger partial charge in [-0.2, -0.15) is 0 Å². The van der Waals surface area contributed by atoms with Crippen LogP contribution in [0.4, 0.5) is 0 Å². The third-order valence-corrected chi connectivity index (χ3v) is 2.91. The Morgan fingerprint density at radius 2 is 2.10 bits per heavy atom. The largest absolute Gasteiger partial charge is 0.478 e. The standard InChI is InChI=1S/C14H21NO5/c1-8(2)5-12(14(18)19-4)15-7-10-6-11(13(16)17)9(3)20-10/h6,8,12,15H,5,7H2,1-4H3,(H,16,17). The highest BCUT2D eigenvalue weighted by molar-refractivity contribution is 5.88. The lowest BCUT2D eigenvalue weighted by Crippen LogP contribution is -2.38. The normalized spacial score (nSPS) is 12.4. The van der Waals surface area contributed by atoms with E-state index >= 15 is 0 Å². The summed E-state index contributed by atoms with van der Waals surface area (Å²) in [6.45, 7) is 5.90. The van der Waals surface area contributed by atoms with Gasteiger partial charge in [0.2, 0.25) is 0 Å². The number of rotatable bonds is 7. The number of nitrogens with one attached hydrogen (secondary N) is 1. The quantitative estimate of drug-likeness (QED) is 0.744. The second kappa shape index (κ2) is 7.09. The molecule has 6 heteroatoms. The van der Waals surface area contributed by atoms with Gasteiger partial charge in [-0.25, -0.2) is 4.79 Å². The van der Waals surface area contributed by atoms with Crippen LogP contribution in [0, 0.1) is 12.8 Å². The maximum atomic E-state index is 11.6. The summed E-state index contributed by atoms with van der Waals surface area (Å²) >= 11 is 0. The molecule has 1 atom stereocenters. The van der Waals surface area contributed by atoms with Crippen molar-refractivity contribution in [3.8, 4) is 0 Å². The first-order chi connectivity index (χ1) is 9.35. The van der Waals surface area contributed by atoms with Crippen molar-refractivity contribution in [1.82, 2.24) is 5.32 Å². The van der Waals surface area contributed by atoms with Crippen molar-refractivity contribution in [2.45, 2.75) is 39.8 Å². The second-order valence-electron chi connectivity index (χ2n) is 5.07. The summed E-state index contributed by atoms with van der Waals surface area (Å²) in [7, 11) is 1.34. The van der Waals surface area contributed by atoms with E-state index in [2.05, 4.69) is 5.32 Å². The lowest BCUT2D eigenvalue weighted by molar-refractivity contribution is -0.143. The van der Waals surface area contributed by atoms with Gasteiger partial charge in [0.1, 0.15) is 23.1 Å². The highest BCUT2D eigenvalue weighted by atomic mass is 16.5. The molecular formula is C14H21NO5. The summed E-state index contributed by atoms with van der Waals surface area (Å²) in [6.07, 6.45) is 0.637. The SMILES string of the molecule is COC(=O)C(CC(C)C)NCc1cc(C(=O)O)c(C)o1. The predicted octanol–water partition coefficient (Wildman–Crippen LogP) is 1.96. The van der Waals surface area contributed by atoms with Crippen molar-refractivity contribution in [2.75, 3.05) is 7.11 Å². The molecular weight excluding hydrogens is 262 g/mol. The number of furan rings is 1. The molecule has 0 aliphatic carbocycles. The van der Waals surface area contributed by atoms with E-state index in [0.29, 0.717) is 23.9 Å². The molecule has 2 N–H and O–H groups in total. The van der Waals surface area contributed by atoms with Gasteiger partial charge in [-0.05, 0) is 25.3 Å². The van der Waals surface area contributed by atoms with Crippen LogP contribution in [0.5, 0.6) is 0 Å². The maximum Gasteiger partial charge on any atom is 0.339 e. The number of ether oxygens (including phenoxy) is 1. The number of carbonyl (C=O) groups is 2. The smallest absolute Gasteiger partial charge is 0.339 e. The molecule has 20 heavy (non-hydrogen) atoms. The molecule has 0 amide bonds. The lowest BCUT2D eigenvalue weighted by Gasteiger charge is -2.17. The van der Waals surface area contributed by atoms with Crippen LogP contribution in [0.2, 0.25) is 0 Å². The zero-order valence-corrected chi connectivity index (χ0v) is 12.2. The van der Waals surface area contributed by atoms with E-state index in [4.69, 9.17) is 14.3 Å². The van der Waals surface area contributed by atoms with Crippen molar-refractivity contribution in [1.29, 1.82) is 0 Å². The molecule has 112 valence electrons. The summed E-state index contributed by atoms with van der Waals surface area (Å²) in [5.41, 5.74) is 0.139. The molecule has 1 aromatic rings. The third kappa shape index (κ3) is 4.38. The fourth-order valence-electron chi connectivity index (χ4n) is 1.94. The third-order valence-electron chi connectivity index (χ3n) is 2.91. The molecule has 0 spiro atoms. The number of aryl methyl sites for hydroxylation is 1. The van der Waals surface area contributed by atoms with E-state index in [1.165, 1.54) is 13.2 Å². The van der Waals surface area contributed by atoms with Crippen LogP contribution < -0.4 is 5.32 Å². The van der Waals surface area contributed by atoms with E-state index in [1.54, 1.807) is 6.92 Å². The molecule has 6 nitrogen and oxygen atoms in total. The minimum atomic E-state index is -1.02. The maximum absolute atomic E-state index is 11.6. The number of hydrogen-bond acceptors (Lipinski definition) is 5. The van der Waals surface area contributed by atoms with E-state index in [0.717, 1.165) is 0 Å². The molecule has 0 saturated carbocycles. The Labute approximate surface area is 118 Å². The van der Waals surface area contributed by atoms with Crippen molar-refractivity contribution in [3.05, 3.63) is 23.2 Å². The summed E-state index contributed by atoms with van der Waals surface area (Å²) < 4.78 is 10.1. The van der Waals surface area contributed by atoms with Gasteiger partial charge in [-0.15, -0.1) is 0 Å². The minimum absolute atomic E-state index is 0.139.